The summed E-state index contributed by atoms with van der Waals surface area (Å²) in [7, 11) is 0. The summed E-state index contributed by atoms with van der Waals surface area (Å²) in [5.41, 5.74) is 4.93. The second-order valence-corrected chi connectivity index (χ2v) is 12.5. The molecule has 3 heteroatoms. The molecule has 5 aromatic carbocycles. The van der Waals surface area contributed by atoms with Crippen LogP contribution in [0.15, 0.2) is 103 Å². The number of aromatic nitrogens is 1. The Balaban J connectivity index is 1.75. The molecule has 0 radical (unpaired) electrons. The van der Waals surface area contributed by atoms with Crippen LogP contribution in [0.1, 0.15) is 0 Å². The van der Waals surface area contributed by atoms with Gasteiger partial charge < -0.3 is 4.98 Å². The second kappa shape index (κ2) is 6.17. The Bertz CT molecular complexity index is 1710. The van der Waals surface area contributed by atoms with Crippen LogP contribution in [0.25, 0.3) is 43.7 Å². The average Bonchev–Trinajstić information content (AvgIpc) is 3.34. The Morgan fingerprint density at radius 2 is 1.29 bits per heavy atom. The van der Waals surface area contributed by atoms with Crippen LogP contribution in [0.2, 0.25) is 0 Å². The lowest BCUT2D eigenvalue weighted by molar-refractivity contribution is 1.55. The van der Waals surface area contributed by atoms with Crippen molar-refractivity contribution in [2.24, 2.45) is 0 Å². The normalized spacial score (nSPS) is 17.3. The van der Waals surface area contributed by atoms with E-state index in [0.29, 0.717) is 0 Å². The van der Waals surface area contributed by atoms with Crippen LogP contribution < -0.4 is 15.9 Å². The highest BCUT2D eigenvalue weighted by Crippen LogP contribution is 2.55. The third kappa shape index (κ3) is 2.19. The van der Waals surface area contributed by atoms with Crippen molar-refractivity contribution in [1.82, 2.24) is 4.98 Å². The maximum absolute atomic E-state index is 6.72. The fourth-order valence-electron chi connectivity index (χ4n) is 5.29. The lowest BCUT2D eigenvalue weighted by Crippen LogP contribution is -2.20. The first-order valence-electron chi connectivity index (χ1n) is 10.5. The summed E-state index contributed by atoms with van der Waals surface area (Å²) in [6, 6.07) is 34.9. The predicted molar refractivity (Wildman–Crippen MR) is 138 cm³/mol. The maximum atomic E-state index is 6.72. The number of fused-ring (bicyclic) bond motifs is 9. The highest BCUT2D eigenvalue weighted by molar-refractivity contribution is 8.26. The van der Waals surface area contributed by atoms with Crippen molar-refractivity contribution in [3.63, 3.8) is 0 Å². The number of benzene rings is 5. The highest BCUT2D eigenvalue weighted by Gasteiger charge is 2.38. The molecule has 1 aliphatic heterocycles. The van der Waals surface area contributed by atoms with E-state index in [0.717, 1.165) is 0 Å². The summed E-state index contributed by atoms with van der Waals surface area (Å²) in [5.74, 6) is 0. The molecule has 0 saturated heterocycles. The molecular formula is C28H18NPS. The number of rotatable bonds is 1. The van der Waals surface area contributed by atoms with Crippen LogP contribution in [0, 0.1) is 0 Å². The lowest BCUT2D eigenvalue weighted by atomic mass is 10.00. The van der Waals surface area contributed by atoms with E-state index in [4.69, 9.17) is 11.8 Å². The van der Waals surface area contributed by atoms with Gasteiger partial charge >= 0.3 is 0 Å². The van der Waals surface area contributed by atoms with Gasteiger partial charge in [0.1, 0.15) is 0 Å². The van der Waals surface area contributed by atoms with Crippen LogP contribution in [-0.2, 0) is 11.8 Å². The third-order valence-electron chi connectivity index (χ3n) is 6.59. The first kappa shape index (κ1) is 17.5. The topological polar surface area (TPSA) is 15.8 Å². The van der Waals surface area contributed by atoms with Crippen LogP contribution >= 0.6 is 6.04 Å². The summed E-state index contributed by atoms with van der Waals surface area (Å²) < 4.78 is 0. The van der Waals surface area contributed by atoms with Crippen molar-refractivity contribution < 1.29 is 0 Å². The summed E-state index contributed by atoms with van der Waals surface area (Å²) in [4.78, 5) is 3.69. The van der Waals surface area contributed by atoms with Crippen LogP contribution in [0.3, 0.4) is 0 Å². The smallest absolute Gasteiger partial charge is 0.0472 e. The molecule has 0 saturated carbocycles. The quantitative estimate of drug-likeness (QED) is 0.306. The minimum Gasteiger partial charge on any atom is -0.354 e. The highest BCUT2D eigenvalue weighted by atomic mass is 32.4. The third-order valence-corrected chi connectivity index (χ3v) is 11.6. The maximum Gasteiger partial charge on any atom is 0.0472 e. The SMILES string of the molecule is S=P1(c2ccccc2)c2ccccc2-c2ccc3[nH]c4ccc5ccccc5c4c3c21. The van der Waals surface area contributed by atoms with Crippen molar-refractivity contribution in [2.45, 2.75) is 0 Å². The van der Waals surface area contributed by atoms with E-state index in [1.54, 1.807) is 0 Å². The van der Waals surface area contributed by atoms with Gasteiger partial charge in [-0.2, -0.15) is 0 Å². The van der Waals surface area contributed by atoms with E-state index in [1.165, 1.54) is 59.6 Å². The van der Waals surface area contributed by atoms with Gasteiger partial charge in [-0.1, -0.05) is 103 Å². The van der Waals surface area contributed by atoms with Gasteiger partial charge in [0, 0.05) is 38.5 Å². The van der Waals surface area contributed by atoms with Gasteiger partial charge in [0.2, 0.25) is 0 Å². The van der Waals surface area contributed by atoms with Crippen molar-refractivity contribution >= 4 is 66.3 Å². The number of aromatic amines is 1. The second-order valence-electron chi connectivity index (χ2n) is 8.18. The molecule has 1 aliphatic rings. The Hall–Kier alpha value is -3.19. The molecular weight excluding hydrogens is 413 g/mol. The van der Waals surface area contributed by atoms with E-state index in [9.17, 15) is 0 Å². The Morgan fingerprint density at radius 1 is 0.581 bits per heavy atom. The number of H-pyrrole nitrogens is 1. The summed E-state index contributed by atoms with van der Waals surface area (Å²) in [6.07, 6.45) is 0. The molecule has 0 aliphatic carbocycles. The van der Waals surface area contributed by atoms with Gasteiger partial charge in [-0.25, -0.2) is 0 Å². The first-order chi connectivity index (χ1) is 15.3. The largest absolute Gasteiger partial charge is 0.354 e. The average molecular weight is 432 g/mol. The van der Waals surface area contributed by atoms with Crippen molar-refractivity contribution in [3.8, 4) is 11.1 Å². The fourth-order valence-corrected chi connectivity index (χ4v) is 9.98. The number of hydrogen-bond acceptors (Lipinski definition) is 1. The van der Waals surface area contributed by atoms with E-state index in [-0.39, 0.29) is 0 Å². The molecule has 1 unspecified atom stereocenters. The molecule has 0 amide bonds. The molecule has 0 bridgehead atoms. The summed E-state index contributed by atoms with van der Waals surface area (Å²) in [5, 5.41) is 9.06. The van der Waals surface area contributed by atoms with Crippen molar-refractivity contribution in [2.75, 3.05) is 0 Å². The molecule has 1 aromatic heterocycles. The molecule has 2 heterocycles. The Labute approximate surface area is 185 Å². The summed E-state index contributed by atoms with van der Waals surface area (Å²) in [6.45, 7) is 0. The van der Waals surface area contributed by atoms with Crippen LogP contribution in [-0.4, -0.2) is 4.98 Å². The molecule has 31 heavy (non-hydrogen) atoms. The van der Waals surface area contributed by atoms with Gasteiger partial charge in [-0.15, -0.1) is 0 Å². The zero-order chi connectivity index (χ0) is 20.6. The number of hydrogen-bond donors (Lipinski definition) is 1. The van der Waals surface area contributed by atoms with Gasteiger partial charge in [-0.3, -0.25) is 0 Å². The first-order valence-corrected chi connectivity index (χ1v) is 13.3. The monoisotopic (exact) mass is 431 g/mol. The van der Waals surface area contributed by atoms with Gasteiger partial charge in [0.25, 0.3) is 0 Å². The molecule has 0 fully saturated rings. The van der Waals surface area contributed by atoms with Gasteiger partial charge in [0.05, 0.1) is 0 Å². The minimum atomic E-state index is -2.18. The lowest BCUT2D eigenvalue weighted by Gasteiger charge is -2.21. The zero-order valence-electron chi connectivity index (χ0n) is 16.7. The molecule has 1 nitrogen and oxygen atoms in total. The fraction of sp³-hybridized carbons (Fsp3) is 0. The minimum absolute atomic E-state index is 1.17. The van der Waals surface area contributed by atoms with E-state index >= 15 is 0 Å². The number of nitrogens with one attached hydrogen (secondary N) is 1. The molecule has 6 aromatic rings. The standard InChI is InChI=1S/C28H18NPS/c31-30(19-9-2-1-3-10-19)25-13-7-6-12-21(25)22-15-17-24-27(28(22)30)26-20-11-5-4-8-18(20)14-16-23(26)29-24/h1-17,29H. The Kier molecular flexibility index (Phi) is 3.48. The van der Waals surface area contributed by atoms with Gasteiger partial charge in [0.15, 0.2) is 0 Å². The van der Waals surface area contributed by atoms with Crippen molar-refractivity contribution in [3.05, 3.63) is 103 Å². The van der Waals surface area contributed by atoms with Crippen molar-refractivity contribution in [1.29, 1.82) is 0 Å². The molecule has 0 spiro atoms. The predicted octanol–water partition coefficient (Wildman–Crippen LogP) is 6.21. The van der Waals surface area contributed by atoms with Gasteiger partial charge in [-0.05, 0) is 39.3 Å². The molecule has 1 N–H and O–H groups in total. The molecule has 1 atom stereocenters. The summed E-state index contributed by atoms with van der Waals surface area (Å²) >= 11 is 6.72. The van der Waals surface area contributed by atoms with Crippen LogP contribution in [0.5, 0.6) is 0 Å². The Morgan fingerprint density at radius 3 is 2.19 bits per heavy atom. The zero-order valence-corrected chi connectivity index (χ0v) is 18.4. The molecule has 7 rings (SSSR count). The van der Waals surface area contributed by atoms with E-state index < -0.39 is 6.04 Å². The van der Waals surface area contributed by atoms with E-state index in [1.807, 2.05) is 0 Å². The molecule has 146 valence electrons. The van der Waals surface area contributed by atoms with E-state index in [2.05, 4.69) is 108 Å². The van der Waals surface area contributed by atoms with Crippen LogP contribution in [0.4, 0.5) is 0 Å².